The molecule has 2 aromatic rings. The van der Waals surface area contributed by atoms with E-state index < -0.39 is 18.4 Å². The number of nitrogens with one attached hydrogen (secondary N) is 1. The molecule has 2 N–H and O–H groups in total. The van der Waals surface area contributed by atoms with Crippen molar-refractivity contribution in [1.82, 2.24) is 14.9 Å². The van der Waals surface area contributed by atoms with Crippen LogP contribution in [0.4, 0.5) is 0 Å². The molecule has 128 valence electrons. The molecule has 0 fully saturated rings. The van der Waals surface area contributed by atoms with E-state index in [1.807, 2.05) is 25.1 Å². The normalized spacial score (nSPS) is 12.0. The molecule has 1 heterocycles. The zero-order valence-electron chi connectivity index (χ0n) is 13.1. The zero-order chi connectivity index (χ0) is 17.7. The Hall–Kier alpha value is -1.99. The van der Waals surface area contributed by atoms with Crippen LogP contribution < -0.4 is 5.32 Å². The SMILES string of the molecule is CC(S)Cn1c(C(=O)NCC(=O)O)cnc1Cc1ccccc1Cl. The van der Waals surface area contributed by atoms with Gasteiger partial charge in [-0.15, -0.1) is 0 Å². The summed E-state index contributed by atoms with van der Waals surface area (Å²) in [5.41, 5.74) is 1.20. The van der Waals surface area contributed by atoms with Gasteiger partial charge in [0.2, 0.25) is 0 Å². The number of carbonyl (C=O) groups excluding carboxylic acids is 1. The lowest BCUT2D eigenvalue weighted by atomic mass is 10.1. The van der Waals surface area contributed by atoms with E-state index in [1.165, 1.54) is 6.20 Å². The van der Waals surface area contributed by atoms with Crippen LogP contribution in [0.1, 0.15) is 28.8 Å². The highest BCUT2D eigenvalue weighted by Gasteiger charge is 2.18. The monoisotopic (exact) mass is 367 g/mol. The number of carboxylic acids is 1. The smallest absolute Gasteiger partial charge is 0.322 e. The molecule has 0 aliphatic carbocycles. The van der Waals surface area contributed by atoms with Gasteiger partial charge in [-0.25, -0.2) is 4.98 Å². The lowest BCUT2D eigenvalue weighted by Crippen LogP contribution is -2.31. The quantitative estimate of drug-likeness (QED) is 0.655. The molecule has 0 saturated carbocycles. The average molecular weight is 368 g/mol. The number of thiol groups is 1. The summed E-state index contributed by atoms with van der Waals surface area (Å²) in [7, 11) is 0. The van der Waals surface area contributed by atoms with Crippen LogP contribution in [0.25, 0.3) is 0 Å². The number of nitrogens with zero attached hydrogens (tertiary/aromatic N) is 2. The third kappa shape index (κ3) is 4.75. The van der Waals surface area contributed by atoms with Gasteiger partial charge in [0.05, 0.1) is 6.20 Å². The molecule has 1 amide bonds. The molecule has 0 aliphatic heterocycles. The Morgan fingerprint density at radius 1 is 1.42 bits per heavy atom. The first-order chi connectivity index (χ1) is 11.4. The number of amides is 1. The van der Waals surface area contributed by atoms with Gasteiger partial charge in [0.25, 0.3) is 5.91 Å². The van der Waals surface area contributed by atoms with E-state index in [1.54, 1.807) is 10.6 Å². The maximum absolute atomic E-state index is 12.2. The minimum absolute atomic E-state index is 0.00443. The molecular formula is C16H18ClN3O3S. The first-order valence-electron chi connectivity index (χ1n) is 7.34. The van der Waals surface area contributed by atoms with Crippen LogP contribution in [0.15, 0.2) is 30.5 Å². The molecule has 1 atom stereocenters. The number of carbonyl (C=O) groups is 2. The molecule has 24 heavy (non-hydrogen) atoms. The predicted molar refractivity (Wildman–Crippen MR) is 94.9 cm³/mol. The van der Waals surface area contributed by atoms with E-state index in [-0.39, 0.29) is 5.25 Å². The fourth-order valence-corrected chi connectivity index (χ4v) is 2.63. The Kier molecular flexibility index (Phi) is 6.28. The largest absolute Gasteiger partial charge is 0.480 e. The van der Waals surface area contributed by atoms with E-state index >= 15 is 0 Å². The second-order valence-electron chi connectivity index (χ2n) is 5.36. The molecular weight excluding hydrogens is 350 g/mol. The first kappa shape index (κ1) is 18.4. The second-order valence-corrected chi connectivity index (χ2v) is 6.65. The molecule has 1 unspecified atom stereocenters. The highest BCUT2D eigenvalue weighted by atomic mass is 35.5. The van der Waals surface area contributed by atoms with E-state index in [2.05, 4.69) is 22.9 Å². The molecule has 0 aliphatic rings. The van der Waals surface area contributed by atoms with Gasteiger partial charge in [-0.1, -0.05) is 36.7 Å². The van der Waals surface area contributed by atoms with Crippen LogP contribution in [-0.4, -0.2) is 38.3 Å². The number of halogens is 1. The number of carboxylic acid groups (broad SMARTS) is 1. The number of rotatable bonds is 7. The Balaban J connectivity index is 2.30. The van der Waals surface area contributed by atoms with Crippen molar-refractivity contribution in [3.8, 4) is 0 Å². The van der Waals surface area contributed by atoms with Crippen LogP contribution in [0.2, 0.25) is 5.02 Å². The van der Waals surface area contributed by atoms with Gasteiger partial charge in [0, 0.05) is 23.2 Å². The summed E-state index contributed by atoms with van der Waals surface area (Å²) >= 11 is 10.6. The molecule has 1 aromatic heterocycles. The predicted octanol–water partition coefficient (Wildman–Crippen LogP) is 2.26. The average Bonchev–Trinajstić information content (AvgIpc) is 2.89. The highest BCUT2D eigenvalue weighted by molar-refractivity contribution is 7.80. The molecule has 0 bridgehead atoms. The summed E-state index contributed by atoms with van der Waals surface area (Å²) in [5, 5.41) is 11.7. The zero-order valence-corrected chi connectivity index (χ0v) is 14.7. The Labute approximate surface area is 150 Å². The van der Waals surface area contributed by atoms with E-state index in [0.717, 1.165) is 5.56 Å². The fraction of sp³-hybridized carbons (Fsp3) is 0.312. The van der Waals surface area contributed by atoms with Crippen molar-refractivity contribution in [2.75, 3.05) is 6.54 Å². The van der Waals surface area contributed by atoms with Crippen molar-refractivity contribution < 1.29 is 14.7 Å². The number of aromatic nitrogens is 2. The van der Waals surface area contributed by atoms with Gasteiger partial charge in [-0.2, -0.15) is 12.6 Å². The summed E-state index contributed by atoms with van der Waals surface area (Å²) in [4.78, 5) is 27.1. The van der Waals surface area contributed by atoms with Crippen molar-refractivity contribution in [1.29, 1.82) is 0 Å². The maximum Gasteiger partial charge on any atom is 0.322 e. The van der Waals surface area contributed by atoms with Gasteiger partial charge in [0.1, 0.15) is 18.1 Å². The summed E-state index contributed by atoms with van der Waals surface area (Å²) in [5.74, 6) is -0.915. The van der Waals surface area contributed by atoms with E-state index in [9.17, 15) is 9.59 Å². The molecule has 0 saturated heterocycles. The minimum Gasteiger partial charge on any atom is -0.480 e. The number of hydrogen-bond acceptors (Lipinski definition) is 4. The van der Waals surface area contributed by atoms with Gasteiger partial charge >= 0.3 is 5.97 Å². The lowest BCUT2D eigenvalue weighted by molar-refractivity contribution is -0.135. The maximum atomic E-state index is 12.2. The van der Waals surface area contributed by atoms with Gasteiger partial charge in [-0.3, -0.25) is 9.59 Å². The van der Waals surface area contributed by atoms with E-state index in [4.69, 9.17) is 16.7 Å². The Morgan fingerprint density at radius 3 is 2.75 bits per heavy atom. The van der Waals surface area contributed by atoms with Gasteiger partial charge in [0.15, 0.2) is 0 Å². The van der Waals surface area contributed by atoms with Crippen molar-refractivity contribution in [2.24, 2.45) is 0 Å². The third-order valence-electron chi connectivity index (χ3n) is 3.32. The number of aliphatic carboxylic acids is 1. The molecule has 0 spiro atoms. The summed E-state index contributed by atoms with van der Waals surface area (Å²) in [6, 6.07) is 7.43. The van der Waals surface area contributed by atoms with Crippen LogP contribution >= 0.6 is 24.2 Å². The third-order valence-corrected chi connectivity index (χ3v) is 3.86. The van der Waals surface area contributed by atoms with E-state index in [0.29, 0.717) is 29.5 Å². The van der Waals surface area contributed by atoms with Crippen molar-refractivity contribution in [3.05, 3.63) is 52.6 Å². The topological polar surface area (TPSA) is 84.2 Å². The lowest BCUT2D eigenvalue weighted by Gasteiger charge is -2.14. The highest BCUT2D eigenvalue weighted by Crippen LogP contribution is 2.20. The molecule has 2 rings (SSSR count). The Bertz CT molecular complexity index is 746. The molecule has 8 heteroatoms. The van der Waals surface area contributed by atoms with Crippen LogP contribution in [0, 0.1) is 0 Å². The van der Waals surface area contributed by atoms with Crippen molar-refractivity contribution >= 4 is 36.1 Å². The fourth-order valence-electron chi connectivity index (χ4n) is 2.26. The van der Waals surface area contributed by atoms with Crippen molar-refractivity contribution in [3.63, 3.8) is 0 Å². The first-order valence-corrected chi connectivity index (χ1v) is 8.23. The van der Waals surface area contributed by atoms with Crippen molar-refractivity contribution in [2.45, 2.75) is 25.1 Å². The minimum atomic E-state index is -1.10. The number of benzene rings is 1. The summed E-state index contributed by atoms with van der Waals surface area (Å²) in [6.45, 7) is 1.93. The standard InChI is InChI=1S/C16H18ClN3O3S/c1-10(24)9-20-13(16(23)19-8-15(21)22)7-18-14(20)6-11-4-2-3-5-12(11)17/h2-5,7,10,24H,6,8-9H2,1H3,(H,19,23)(H,21,22). The van der Waals surface area contributed by atoms with Gasteiger partial charge < -0.3 is 15.0 Å². The summed E-state index contributed by atoms with van der Waals surface area (Å²) < 4.78 is 1.75. The molecule has 1 aromatic carbocycles. The molecule has 6 nitrogen and oxygen atoms in total. The van der Waals surface area contributed by atoms with Crippen LogP contribution in [0.5, 0.6) is 0 Å². The van der Waals surface area contributed by atoms with Crippen LogP contribution in [-0.2, 0) is 17.8 Å². The Morgan fingerprint density at radius 2 is 2.12 bits per heavy atom. The number of imidazole rings is 1. The molecule has 0 radical (unpaired) electrons. The second kappa shape index (κ2) is 8.21. The van der Waals surface area contributed by atoms with Crippen LogP contribution in [0.3, 0.4) is 0 Å². The number of hydrogen-bond donors (Lipinski definition) is 3. The summed E-state index contributed by atoms with van der Waals surface area (Å²) in [6.07, 6.45) is 1.91. The van der Waals surface area contributed by atoms with Gasteiger partial charge in [-0.05, 0) is 11.6 Å².